The van der Waals surface area contributed by atoms with E-state index in [0.717, 1.165) is 34.4 Å². The Labute approximate surface area is 201 Å². The average Bonchev–Trinajstić information content (AvgIpc) is 2.85. The van der Waals surface area contributed by atoms with Crippen molar-refractivity contribution in [1.82, 2.24) is 4.90 Å². The molecule has 1 heterocycles. The average molecular weight is 462 g/mol. The summed E-state index contributed by atoms with van der Waals surface area (Å²) < 4.78 is 22.6. The molecule has 0 saturated heterocycles. The zero-order valence-electron chi connectivity index (χ0n) is 20.4. The van der Waals surface area contributed by atoms with Gasteiger partial charge in [-0.2, -0.15) is 0 Å². The number of carbonyl (C=O) groups excluding carboxylic acids is 1. The van der Waals surface area contributed by atoms with Gasteiger partial charge in [0.05, 0.1) is 27.4 Å². The summed E-state index contributed by atoms with van der Waals surface area (Å²) in [5.41, 5.74) is 5.02. The van der Waals surface area contributed by atoms with Crippen LogP contribution in [-0.2, 0) is 6.42 Å². The van der Waals surface area contributed by atoms with Gasteiger partial charge in [-0.05, 0) is 91.1 Å². The normalized spacial score (nSPS) is 14.9. The number of methoxy groups -OCH3 is 3. The first-order valence-corrected chi connectivity index (χ1v) is 11.3. The largest absolute Gasteiger partial charge is 0.497 e. The third-order valence-electron chi connectivity index (χ3n) is 6.20. The Kier molecular flexibility index (Phi) is 6.96. The number of fused-ring (bicyclic) bond motifs is 1. The Morgan fingerprint density at radius 1 is 0.853 bits per heavy atom. The first-order chi connectivity index (χ1) is 16.4. The van der Waals surface area contributed by atoms with Crippen LogP contribution in [0.4, 0.5) is 0 Å². The monoisotopic (exact) mass is 461 g/mol. The number of ether oxygens (including phenoxy) is 4. The van der Waals surface area contributed by atoms with Gasteiger partial charge in [0.25, 0.3) is 5.91 Å². The van der Waals surface area contributed by atoms with Crippen molar-refractivity contribution >= 4 is 5.91 Å². The van der Waals surface area contributed by atoms with E-state index in [0.29, 0.717) is 36.0 Å². The van der Waals surface area contributed by atoms with Crippen molar-refractivity contribution in [2.45, 2.75) is 26.3 Å². The Balaban J connectivity index is 1.70. The van der Waals surface area contributed by atoms with Crippen molar-refractivity contribution in [3.8, 4) is 23.0 Å². The predicted molar refractivity (Wildman–Crippen MR) is 131 cm³/mol. The third kappa shape index (κ3) is 4.81. The fourth-order valence-corrected chi connectivity index (χ4v) is 4.54. The minimum Gasteiger partial charge on any atom is -0.497 e. The summed E-state index contributed by atoms with van der Waals surface area (Å²) in [7, 11) is 4.86. The number of amides is 1. The zero-order chi connectivity index (χ0) is 24.2. The Morgan fingerprint density at radius 2 is 1.50 bits per heavy atom. The molecular weight excluding hydrogens is 430 g/mol. The van der Waals surface area contributed by atoms with Crippen LogP contribution in [0.1, 0.15) is 38.7 Å². The number of benzene rings is 3. The number of rotatable bonds is 7. The van der Waals surface area contributed by atoms with Gasteiger partial charge in [-0.25, -0.2) is 0 Å². The van der Waals surface area contributed by atoms with Gasteiger partial charge in [-0.15, -0.1) is 0 Å². The van der Waals surface area contributed by atoms with E-state index < -0.39 is 0 Å². The van der Waals surface area contributed by atoms with E-state index in [1.807, 2.05) is 43.0 Å². The summed E-state index contributed by atoms with van der Waals surface area (Å²) in [5.74, 6) is 2.78. The molecule has 1 unspecified atom stereocenters. The van der Waals surface area contributed by atoms with Gasteiger partial charge in [-0.1, -0.05) is 6.07 Å². The summed E-state index contributed by atoms with van der Waals surface area (Å²) in [6, 6.07) is 17.0. The van der Waals surface area contributed by atoms with Crippen LogP contribution >= 0.6 is 0 Å². The smallest absolute Gasteiger partial charge is 0.254 e. The molecule has 6 nitrogen and oxygen atoms in total. The lowest BCUT2D eigenvalue weighted by Crippen LogP contribution is -2.42. The van der Waals surface area contributed by atoms with Crippen LogP contribution in [-0.4, -0.2) is 45.3 Å². The molecule has 6 heteroatoms. The molecule has 34 heavy (non-hydrogen) atoms. The van der Waals surface area contributed by atoms with E-state index in [1.165, 1.54) is 0 Å². The van der Waals surface area contributed by atoms with E-state index in [-0.39, 0.29) is 11.9 Å². The number of hydrogen-bond acceptors (Lipinski definition) is 5. The highest BCUT2D eigenvalue weighted by atomic mass is 16.5. The Morgan fingerprint density at radius 3 is 2.12 bits per heavy atom. The van der Waals surface area contributed by atoms with Crippen molar-refractivity contribution in [3.05, 3.63) is 82.4 Å². The highest BCUT2D eigenvalue weighted by molar-refractivity contribution is 5.95. The van der Waals surface area contributed by atoms with Crippen molar-refractivity contribution in [1.29, 1.82) is 0 Å². The van der Waals surface area contributed by atoms with Crippen LogP contribution in [0, 0.1) is 13.8 Å². The van der Waals surface area contributed by atoms with E-state index in [2.05, 4.69) is 6.07 Å². The first-order valence-electron chi connectivity index (χ1n) is 11.3. The number of hydrogen-bond donors (Lipinski definition) is 0. The van der Waals surface area contributed by atoms with Gasteiger partial charge < -0.3 is 23.8 Å². The highest BCUT2D eigenvalue weighted by Crippen LogP contribution is 2.39. The van der Waals surface area contributed by atoms with Crippen LogP contribution in [0.25, 0.3) is 0 Å². The molecule has 0 aromatic heterocycles. The fraction of sp³-hybridized carbons (Fsp3) is 0.321. The second-order valence-corrected chi connectivity index (χ2v) is 8.53. The topological polar surface area (TPSA) is 57.2 Å². The van der Waals surface area contributed by atoms with Crippen LogP contribution in [0.15, 0.2) is 54.6 Å². The van der Waals surface area contributed by atoms with Gasteiger partial charge in [0.2, 0.25) is 0 Å². The zero-order valence-corrected chi connectivity index (χ0v) is 20.4. The lowest BCUT2D eigenvalue weighted by molar-refractivity contribution is 0.0589. The molecule has 0 fully saturated rings. The quantitative estimate of drug-likeness (QED) is 0.487. The maximum Gasteiger partial charge on any atom is 0.254 e. The molecule has 4 rings (SSSR count). The molecule has 1 aliphatic rings. The maximum absolute atomic E-state index is 13.6. The summed E-state index contributed by atoms with van der Waals surface area (Å²) in [5, 5.41) is 0. The summed E-state index contributed by atoms with van der Waals surface area (Å²) in [6.45, 7) is 5.00. The molecule has 0 N–H and O–H groups in total. The summed E-state index contributed by atoms with van der Waals surface area (Å²) in [6.07, 6.45) is 0.720. The second-order valence-electron chi connectivity index (χ2n) is 8.53. The first kappa shape index (κ1) is 23.5. The highest BCUT2D eigenvalue weighted by Gasteiger charge is 2.33. The van der Waals surface area contributed by atoms with Crippen molar-refractivity contribution < 1.29 is 23.7 Å². The minimum atomic E-state index is -0.279. The molecule has 0 spiro atoms. The molecule has 0 radical (unpaired) electrons. The van der Waals surface area contributed by atoms with Gasteiger partial charge >= 0.3 is 0 Å². The second kappa shape index (κ2) is 10.1. The molecule has 1 amide bonds. The predicted octanol–water partition coefficient (Wildman–Crippen LogP) is 5.15. The summed E-state index contributed by atoms with van der Waals surface area (Å²) >= 11 is 0. The van der Waals surface area contributed by atoms with E-state index >= 15 is 0 Å². The van der Waals surface area contributed by atoms with Crippen molar-refractivity contribution in [2.24, 2.45) is 0 Å². The summed E-state index contributed by atoms with van der Waals surface area (Å²) in [4.78, 5) is 15.5. The van der Waals surface area contributed by atoms with Crippen molar-refractivity contribution in [2.75, 3.05) is 34.5 Å². The van der Waals surface area contributed by atoms with Crippen molar-refractivity contribution in [3.63, 3.8) is 0 Å². The van der Waals surface area contributed by atoms with Gasteiger partial charge in [0.15, 0.2) is 11.5 Å². The van der Waals surface area contributed by atoms with Crippen LogP contribution in [0.2, 0.25) is 0 Å². The van der Waals surface area contributed by atoms with Gasteiger partial charge in [0, 0.05) is 12.1 Å². The molecule has 1 atom stereocenters. The van der Waals surface area contributed by atoms with Crippen LogP contribution < -0.4 is 18.9 Å². The van der Waals surface area contributed by atoms with E-state index in [9.17, 15) is 4.79 Å². The van der Waals surface area contributed by atoms with E-state index in [4.69, 9.17) is 18.9 Å². The molecule has 1 aliphatic heterocycles. The molecule has 3 aromatic rings. The standard InChI is InChI=1S/C28H31NO5/c1-18-12-19(2)14-23(13-18)34-17-25-24-16-27(33-5)26(32-4)15-21(24)10-11-29(25)28(30)20-6-8-22(31-3)9-7-20/h6-9,12-16,25H,10-11,17H2,1-5H3. The molecular formula is C28H31NO5. The van der Waals surface area contributed by atoms with E-state index in [1.54, 1.807) is 45.6 Å². The Bertz CT molecular complexity index is 1150. The lowest BCUT2D eigenvalue weighted by atomic mass is 9.91. The maximum atomic E-state index is 13.6. The molecule has 0 saturated carbocycles. The molecule has 0 aliphatic carbocycles. The SMILES string of the molecule is COc1ccc(C(=O)N2CCc3cc(OC)c(OC)cc3C2COc2cc(C)cc(C)c2)cc1. The third-order valence-corrected chi connectivity index (χ3v) is 6.20. The molecule has 3 aromatic carbocycles. The Hall–Kier alpha value is -3.67. The molecule has 178 valence electrons. The lowest BCUT2D eigenvalue weighted by Gasteiger charge is -2.37. The molecule has 0 bridgehead atoms. The number of nitrogens with zero attached hydrogens (tertiary/aromatic N) is 1. The van der Waals surface area contributed by atoms with Gasteiger partial charge in [-0.3, -0.25) is 4.79 Å². The number of aryl methyl sites for hydroxylation is 2. The number of carbonyl (C=O) groups is 1. The van der Waals surface area contributed by atoms with Crippen LogP contribution in [0.5, 0.6) is 23.0 Å². The van der Waals surface area contributed by atoms with Crippen LogP contribution in [0.3, 0.4) is 0 Å². The minimum absolute atomic E-state index is 0.0443. The fourth-order valence-electron chi connectivity index (χ4n) is 4.54. The van der Waals surface area contributed by atoms with Gasteiger partial charge in [0.1, 0.15) is 18.1 Å².